The van der Waals surface area contributed by atoms with Gasteiger partial charge in [0.05, 0.1) is 12.8 Å². The van der Waals surface area contributed by atoms with Crippen molar-refractivity contribution >= 4 is 11.0 Å². The van der Waals surface area contributed by atoms with E-state index < -0.39 is 0 Å². The van der Waals surface area contributed by atoms with Crippen molar-refractivity contribution in [3.8, 4) is 5.88 Å². The third-order valence-corrected chi connectivity index (χ3v) is 2.03. The number of pyridine rings is 1. The van der Waals surface area contributed by atoms with E-state index in [0.29, 0.717) is 11.5 Å². The highest BCUT2D eigenvalue weighted by Crippen LogP contribution is 2.17. The van der Waals surface area contributed by atoms with Gasteiger partial charge in [-0.15, -0.1) is 0 Å². The maximum atomic E-state index is 5.01. The van der Waals surface area contributed by atoms with Gasteiger partial charge in [-0.2, -0.15) is 10.1 Å². The van der Waals surface area contributed by atoms with Crippen LogP contribution in [0.2, 0.25) is 0 Å². The number of methoxy groups -OCH3 is 1. The molecule has 0 fully saturated rings. The van der Waals surface area contributed by atoms with E-state index in [1.807, 2.05) is 19.2 Å². The fourth-order valence-electron chi connectivity index (χ4n) is 1.36. The van der Waals surface area contributed by atoms with Crippen molar-refractivity contribution in [2.75, 3.05) is 14.2 Å². The van der Waals surface area contributed by atoms with Crippen LogP contribution in [0, 0.1) is 0 Å². The lowest BCUT2D eigenvalue weighted by Gasteiger charge is -1.98. The number of aromatic amines is 1. The first-order valence-electron chi connectivity index (χ1n) is 4.37. The van der Waals surface area contributed by atoms with Crippen LogP contribution in [0.3, 0.4) is 0 Å². The van der Waals surface area contributed by atoms with Crippen molar-refractivity contribution < 1.29 is 4.74 Å². The Balaban J connectivity index is 2.48. The molecule has 2 aromatic rings. The second kappa shape index (κ2) is 3.63. The first-order valence-corrected chi connectivity index (χ1v) is 4.37. The Hall–Kier alpha value is -1.62. The van der Waals surface area contributed by atoms with E-state index in [-0.39, 0.29) is 0 Å². The van der Waals surface area contributed by atoms with E-state index in [2.05, 4.69) is 20.5 Å². The molecule has 74 valence electrons. The molecule has 14 heavy (non-hydrogen) atoms. The van der Waals surface area contributed by atoms with Crippen molar-refractivity contribution in [2.24, 2.45) is 0 Å². The average Bonchev–Trinajstić information content (AvgIpc) is 2.61. The lowest BCUT2D eigenvalue weighted by Crippen LogP contribution is -2.05. The number of rotatable bonds is 3. The van der Waals surface area contributed by atoms with Crippen molar-refractivity contribution in [3.05, 3.63) is 17.8 Å². The number of H-pyrrole nitrogens is 1. The van der Waals surface area contributed by atoms with Crippen LogP contribution < -0.4 is 10.1 Å². The van der Waals surface area contributed by atoms with Crippen LogP contribution in [0.25, 0.3) is 11.0 Å². The van der Waals surface area contributed by atoms with Crippen LogP contribution in [0.5, 0.6) is 5.88 Å². The quantitative estimate of drug-likeness (QED) is 0.751. The molecule has 0 radical (unpaired) electrons. The Morgan fingerprint density at radius 1 is 1.50 bits per heavy atom. The smallest absolute Gasteiger partial charge is 0.215 e. The molecule has 2 heterocycles. The SMILES string of the molecule is CNCc1[nH]nc2nc(OC)ccc12. The number of ether oxygens (including phenoxy) is 1. The van der Waals surface area contributed by atoms with Gasteiger partial charge < -0.3 is 10.1 Å². The van der Waals surface area contributed by atoms with Gasteiger partial charge in [-0.05, 0) is 13.1 Å². The molecule has 0 aliphatic heterocycles. The largest absolute Gasteiger partial charge is 0.481 e. The van der Waals surface area contributed by atoms with E-state index >= 15 is 0 Å². The molecular formula is C9H12N4O. The Kier molecular flexibility index (Phi) is 2.32. The average molecular weight is 192 g/mol. The lowest BCUT2D eigenvalue weighted by atomic mass is 10.2. The van der Waals surface area contributed by atoms with Crippen LogP contribution >= 0.6 is 0 Å². The van der Waals surface area contributed by atoms with E-state index in [9.17, 15) is 0 Å². The molecule has 5 heteroatoms. The zero-order valence-electron chi connectivity index (χ0n) is 8.16. The third-order valence-electron chi connectivity index (χ3n) is 2.03. The minimum absolute atomic E-state index is 0.583. The number of hydrogen-bond donors (Lipinski definition) is 2. The minimum Gasteiger partial charge on any atom is -0.481 e. The van der Waals surface area contributed by atoms with Gasteiger partial charge in [-0.25, -0.2) is 0 Å². The van der Waals surface area contributed by atoms with Gasteiger partial charge in [-0.1, -0.05) is 0 Å². The molecule has 2 N–H and O–H groups in total. The molecule has 0 saturated carbocycles. The van der Waals surface area contributed by atoms with Crippen molar-refractivity contribution in [3.63, 3.8) is 0 Å². The lowest BCUT2D eigenvalue weighted by molar-refractivity contribution is 0.399. The number of fused-ring (bicyclic) bond motifs is 1. The summed E-state index contributed by atoms with van der Waals surface area (Å²) in [6.07, 6.45) is 0. The Bertz CT molecular complexity index is 437. The van der Waals surface area contributed by atoms with Crippen LogP contribution in [0.15, 0.2) is 12.1 Å². The molecule has 0 aliphatic carbocycles. The summed E-state index contributed by atoms with van der Waals surface area (Å²) in [6, 6.07) is 3.79. The number of nitrogens with one attached hydrogen (secondary N) is 2. The standard InChI is InChI=1S/C9H12N4O/c1-10-5-7-6-3-4-8(14-2)11-9(6)13-12-7/h3-4,10H,5H2,1-2H3,(H,11,12,13). The van der Waals surface area contributed by atoms with Crippen LogP contribution in [0.4, 0.5) is 0 Å². The fourth-order valence-corrected chi connectivity index (χ4v) is 1.36. The van der Waals surface area contributed by atoms with Crippen molar-refractivity contribution in [1.82, 2.24) is 20.5 Å². The highest BCUT2D eigenvalue weighted by molar-refractivity contribution is 5.78. The first kappa shape index (κ1) is 8.96. The topological polar surface area (TPSA) is 62.8 Å². The monoisotopic (exact) mass is 192 g/mol. The molecule has 0 aliphatic rings. The number of nitrogens with zero attached hydrogens (tertiary/aromatic N) is 2. The summed E-state index contributed by atoms with van der Waals surface area (Å²) in [7, 11) is 3.49. The van der Waals surface area contributed by atoms with Gasteiger partial charge in [0.15, 0.2) is 5.65 Å². The van der Waals surface area contributed by atoms with Crippen molar-refractivity contribution in [2.45, 2.75) is 6.54 Å². The maximum absolute atomic E-state index is 5.01. The van der Waals surface area contributed by atoms with E-state index in [1.54, 1.807) is 7.11 Å². The number of hydrogen-bond acceptors (Lipinski definition) is 4. The second-order valence-corrected chi connectivity index (χ2v) is 2.96. The van der Waals surface area contributed by atoms with Gasteiger partial charge in [-0.3, -0.25) is 5.10 Å². The van der Waals surface area contributed by atoms with Gasteiger partial charge in [0.25, 0.3) is 0 Å². The summed E-state index contributed by atoms with van der Waals surface area (Å²) in [4.78, 5) is 4.20. The molecule has 0 saturated heterocycles. The van der Waals surface area contributed by atoms with Gasteiger partial charge in [0, 0.05) is 18.0 Å². The zero-order chi connectivity index (χ0) is 9.97. The second-order valence-electron chi connectivity index (χ2n) is 2.96. The molecule has 0 bridgehead atoms. The molecule has 0 atom stereocenters. The van der Waals surface area contributed by atoms with E-state index in [4.69, 9.17) is 4.74 Å². The van der Waals surface area contributed by atoms with Gasteiger partial charge in [0.2, 0.25) is 5.88 Å². The predicted molar refractivity (Wildman–Crippen MR) is 53.2 cm³/mol. The molecule has 0 unspecified atom stereocenters. The minimum atomic E-state index is 0.583. The predicted octanol–water partition coefficient (Wildman–Crippen LogP) is 0.686. The highest BCUT2D eigenvalue weighted by atomic mass is 16.5. The van der Waals surface area contributed by atoms with E-state index in [1.165, 1.54) is 0 Å². The van der Waals surface area contributed by atoms with Gasteiger partial charge >= 0.3 is 0 Å². The Labute approximate surface area is 81.5 Å². The maximum Gasteiger partial charge on any atom is 0.215 e. The van der Waals surface area contributed by atoms with Gasteiger partial charge in [0.1, 0.15) is 0 Å². The normalized spacial score (nSPS) is 10.7. The van der Waals surface area contributed by atoms with Crippen LogP contribution in [0.1, 0.15) is 5.69 Å². The van der Waals surface area contributed by atoms with Crippen LogP contribution in [-0.2, 0) is 6.54 Å². The molecule has 0 aromatic carbocycles. The Morgan fingerprint density at radius 2 is 2.36 bits per heavy atom. The molecule has 0 amide bonds. The summed E-state index contributed by atoms with van der Waals surface area (Å²) >= 11 is 0. The summed E-state index contributed by atoms with van der Waals surface area (Å²) in [6.45, 7) is 0.754. The molecule has 0 spiro atoms. The summed E-state index contributed by atoms with van der Waals surface area (Å²) in [5, 5.41) is 11.1. The zero-order valence-corrected chi connectivity index (χ0v) is 8.16. The Morgan fingerprint density at radius 3 is 3.07 bits per heavy atom. The molecule has 5 nitrogen and oxygen atoms in total. The van der Waals surface area contributed by atoms with Crippen molar-refractivity contribution in [1.29, 1.82) is 0 Å². The molecule has 2 aromatic heterocycles. The van der Waals surface area contributed by atoms with Crippen LogP contribution in [-0.4, -0.2) is 29.3 Å². The van der Waals surface area contributed by atoms with E-state index in [0.717, 1.165) is 17.6 Å². The fraction of sp³-hybridized carbons (Fsp3) is 0.333. The number of aromatic nitrogens is 3. The molecular weight excluding hydrogens is 180 g/mol. The third kappa shape index (κ3) is 1.42. The molecule has 2 rings (SSSR count). The summed E-state index contributed by atoms with van der Waals surface area (Å²) < 4.78 is 5.01. The highest BCUT2D eigenvalue weighted by Gasteiger charge is 2.06. The first-order chi connectivity index (χ1) is 6.85. The summed E-state index contributed by atoms with van der Waals surface area (Å²) in [5.74, 6) is 0.583. The summed E-state index contributed by atoms with van der Waals surface area (Å²) in [5.41, 5.74) is 1.73.